The lowest BCUT2D eigenvalue weighted by atomic mass is 10.1. The first-order valence-electron chi connectivity index (χ1n) is 5.87. The Kier molecular flexibility index (Phi) is 2.74. The van der Waals surface area contributed by atoms with Gasteiger partial charge in [-0.2, -0.15) is 0 Å². The Labute approximate surface area is 99.6 Å². The van der Waals surface area contributed by atoms with Crippen molar-refractivity contribution in [1.82, 2.24) is 20.2 Å². The highest BCUT2D eigenvalue weighted by Gasteiger charge is 2.32. The Morgan fingerprint density at radius 1 is 1.24 bits per heavy atom. The maximum absolute atomic E-state index is 12.0. The van der Waals surface area contributed by atoms with E-state index in [-0.39, 0.29) is 5.91 Å². The highest BCUT2D eigenvalue weighted by atomic mass is 16.2. The van der Waals surface area contributed by atoms with Gasteiger partial charge >= 0.3 is 0 Å². The molecule has 0 atom stereocenters. The van der Waals surface area contributed by atoms with Crippen molar-refractivity contribution >= 4 is 11.9 Å². The molecule has 0 radical (unpaired) electrons. The van der Waals surface area contributed by atoms with Gasteiger partial charge in [-0.25, -0.2) is 9.97 Å². The average Bonchev–Trinajstić information content (AvgIpc) is 2.28. The number of nitrogens with one attached hydrogen (secondary N) is 1. The second-order valence-electron chi connectivity index (χ2n) is 4.38. The van der Waals surface area contributed by atoms with Crippen LogP contribution in [0.15, 0.2) is 18.5 Å². The van der Waals surface area contributed by atoms with Crippen LogP contribution in [0.1, 0.15) is 0 Å². The molecule has 1 N–H and O–H groups in total. The van der Waals surface area contributed by atoms with E-state index in [1.165, 1.54) is 0 Å². The van der Waals surface area contributed by atoms with Gasteiger partial charge in [-0.15, -0.1) is 0 Å². The van der Waals surface area contributed by atoms with Crippen LogP contribution in [0.5, 0.6) is 0 Å². The first kappa shape index (κ1) is 10.6. The van der Waals surface area contributed by atoms with E-state index < -0.39 is 0 Å². The minimum atomic E-state index is 0.0920. The van der Waals surface area contributed by atoms with Crippen molar-refractivity contribution in [2.45, 2.75) is 6.04 Å². The molecule has 3 rings (SSSR count). The highest BCUT2D eigenvalue weighted by molar-refractivity contribution is 5.93. The fraction of sp³-hybridized carbons (Fsp3) is 0.545. The summed E-state index contributed by atoms with van der Waals surface area (Å²) >= 11 is 0. The second-order valence-corrected chi connectivity index (χ2v) is 4.38. The maximum atomic E-state index is 12.0. The van der Waals surface area contributed by atoms with E-state index in [1.54, 1.807) is 23.4 Å². The van der Waals surface area contributed by atoms with Crippen molar-refractivity contribution in [1.29, 1.82) is 0 Å². The van der Waals surface area contributed by atoms with E-state index >= 15 is 0 Å². The number of hydrogen-bond donors (Lipinski definition) is 1. The maximum Gasteiger partial charge on any atom is 0.243 e. The van der Waals surface area contributed by atoms with Crippen molar-refractivity contribution in [2.75, 3.05) is 37.6 Å². The number of aromatic nitrogens is 2. The van der Waals surface area contributed by atoms with E-state index in [2.05, 4.69) is 20.2 Å². The van der Waals surface area contributed by atoms with E-state index in [0.29, 0.717) is 25.1 Å². The summed E-state index contributed by atoms with van der Waals surface area (Å²) in [5.74, 6) is 0.609. The predicted molar refractivity (Wildman–Crippen MR) is 62.6 cm³/mol. The molecule has 2 aliphatic rings. The minimum Gasteiger partial charge on any atom is -0.314 e. The molecule has 1 amide bonds. The topological polar surface area (TPSA) is 61.4 Å². The van der Waals surface area contributed by atoms with Crippen LogP contribution in [0.2, 0.25) is 0 Å². The molecule has 0 unspecified atom stereocenters. The number of anilines is 1. The second kappa shape index (κ2) is 4.38. The van der Waals surface area contributed by atoms with Gasteiger partial charge in [0.05, 0.1) is 6.54 Å². The van der Waals surface area contributed by atoms with Crippen molar-refractivity contribution in [3.63, 3.8) is 0 Å². The number of carbonyl (C=O) groups is 1. The van der Waals surface area contributed by atoms with E-state index in [9.17, 15) is 4.79 Å². The number of hydrogen-bond acceptors (Lipinski definition) is 5. The summed E-state index contributed by atoms with van der Waals surface area (Å²) in [4.78, 5) is 24.2. The summed E-state index contributed by atoms with van der Waals surface area (Å²) in [7, 11) is 0. The zero-order chi connectivity index (χ0) is 11.7. The van der Waals surface area contributed by atoms with Gasteiger partial charge in [0.2, 0.25) is 11.9 Å². The fourth-order valence-corrected chi connectivity index (χ4v) is 2.18. The van der Waals surface area contributed by atoms with Gasteiger partial charge in [0.1, 0.15) is 0 Å². The Balaban J connectivity index is 1.68. The molecule has 0 bridgehead atoms. The molecule has 3 heterocycles. The standard InChI is InChI=1S/C11H15N5O/c17-10-8-15(9-6-12-7-9)4-5-16(10)11-13-2-1-3-14-11/h1-3,9,12H,4-8H2. The van der Waals surface area contributed by atoms with Crippen LogP contribution < -0.4 is 10.2 Å². The number of nitrogens with zero attached hydrogens (tertiary/aromatic N) is 4. The average molecular weight is 233 g/mol. The number of rotatable bonds is 2. The van der Waals surface area contributed by atoms with Gasteiger partial charge in [0, 0.05) is 44.6 Å². The summed E-state index contributed by atoms with van der Waals surface area (Å²) in [5, 5.41) is 3.22. The van der Waals surface area contributed by atoms with Crippen molar-refractivity contribution in [2.24, 2.45) is 0 Å². The summed E-state index contributed by atoms with van der Waals surface area (Å²) in [6.07, 6.45) is 3.33. The lowest BCUT2D eigenvalue weighted by molar-refractivity contribution is -0.122. The third-order valence-electron chi connectivity index (χ3n) is 3.32. The Morgan fingerprint density at radius 3 is 2.59 bits per heavy atom. The summed E-state index contributed by atoms with van der Waals surface area (Å²) < 4.78 is 0. The monoisotopic (exact) mass is 233 g/mol. The van der Waals surface area contributed by atoms with Gasteiger partial charge < -0.3 is 5.32 Å². The lowest BCUT2D eigenvalue weighted by Crippen LogP contribution is -2.63. The first-order valence-corrected chi connectivity index (χ1v) is 5.87. The largest absolute Gasteiger partial charge is 0.314 e. The van der Waals surface area contributed by atoms with Gasteiger partial charge in [-0.05, 0) is 6.07 Å². The predicted octanol–water partition coefficient (Wildman–Crippen LogP) is -0.903. The SMILES string of the molecule is O=C1CN(C2CNC2)CCN1c1ncccn1. The number of piperazine rings is 1. The molecule has 2 saturated heterocycles. The molecule has 17 heavy (non-hydrogen) atoms. The van der Waals surface area contributed by atoms with Crippen molar-refractivity contribution in [3.05, 3.63) is 18.5 Å². The molecule has 1 aromatic heterocycles. The molecule has 0 aromatic carbocycles. The zero-order valence-corrected chi connectivity index (χ0v) is 9.54. The first-order chi connectivity index (χ1) is 8.34. The molecule has 6 nitrogen and oxygen atoms in total. The van der Waals surface area contributed by atoms with Crippen molar-refractivity contribution in [3.8, 4) is 0 Å². The van der Waals surface area contributed by atoms with Crippen LogP contribution in [-0.2, 0) is 4.79 Å². The Bertz CT molecular complexity index is 406. The van der Waals surface area contributed by atoms with Crippen molar-refractivity contribution < 1.29 is 4.79 Å². The van der Waals surface area contributed by atoms with E-state index in [1.807, 2.05) is 0 Å². The summed E-state index contributed by atoms with van der Waals surface area (Å²) in [6.45, 7) is 4.05. The quantitative estimate of drug-likeness (QED) is 0.717. The molecule has 1 aromatic rings. The molecule has 2 aliphatic heterocycles. The van der Waals surface area contributed by atoms with Gasteiger partial charge in [-0.3, -0.25) is 14.6 Å². The van der Waals surface area contributed by atoms with E-state index in [0.717, 1.165) is 19.6 Å². The summed E-state index contributed by atoms with van der Waals surface area (Å²) in [6, 6.07) is 2.28. The highest BCUT2D eigenvalue weighted by Crippen LogP contribution is 2.14. The number of amides is 1. The zero-order valence-electron chi connectivity index (χ0n) is 9.54. The Morgan fingerprint density at radius 2 is 2.00 bits per heavy atom. The molecule has 90 valence electrons. The molecule has 0 aliphatic carbocycles. The fourth-order valence-electron chi connectivity index (χ4n) is 2.18. The van der Waals surface area contributed by atoms with Crippen LogP contribution >= 0.6 is 0 Å². The normalized spacial score (nSPS) is 22.6. The van der Waals surface area contributed by atoms with Crippen LogP contribution in [0, 0.1) is 0 Å². The molecule has 6 heteroatoms. The smallest absolute Gasteiger partial charge is 0.243 e. The van der Waals surface area contributed by atoms with E-state index in [4.69, 9.17) is 0 Å². The van der Waals surface area contributed by atoms with Crippen LogP contribution in [0.4, 0.5) is 5.95 Å². The Hall–Kier alpha value is -1.53. The molecular weight excluding hydrogens is 218 g/mol. The van der Waals surface area contributed by atoms with Crippen LogP contribution in [0.3, 0.4) is 0 Å². The molecule has 0 spiro atoms. The molecule has 0 saturated carbocycles. The lowest BCUT2D eigenvalue weighted by Gasteiger charge is -2.42. The number of carbonyl (C=O) groups excluding carboxylic acids is 1. The van der Waals surface area contributed by atoms with Gasteiger partial charge in [0.25, 0.3) is 0 Å². The third kappa shape index (κ3) is 2.01. The van der Waals surface area contributed by atoms with Gasteiger partial charge in [-0.1, -0.05) is 0 Å². The van der Waals surface area contributed by atoms with Crippen LogP contribution in [0.25, 0.3) is 0 Å². The summed E-state index contributed by atoms with van der Waals surface area (Å²) in [5.41, 5.74) is 0. The van der Waals surface area contributed by atoms with Crippen LogP contribution in [-0.4, -0.2) is 59.5 Å². The third-order valence-corrected chi connectivity index (χ3v) is 3.32. The minimum absolute atomic E-state index is 0.0920. The molecule has 2 fully saturated rings. The molecular formula is C11H15N5O. The van der Waals surface area contributed by atoms with Gasteiger partial charge in [0.15, 0.2) is 0 Å².